The van der Waals surface area contributed by atoms with E-state index < -0.39 is 5.66 Å². The van der Waals surface area contributed by atoms with Crippen molar-refractivity contribution in [3.63, 3.8) is 0 Å². The number of rotatable bonds is 5. The number of hydrogen-bond donors (Lipinski definition) is 5. The fourth-order valence-corrected chi connectivity index (χ4v) is 3.87. The zero-order chi connectivity index (χ0) is 20.6. The van der Waals surface area contributed by atoms with E-state index in [1.54, 1.807) is 7.11 Å². The summed E-state index contributed by atoms with van der Waals surface area (Å²) in [5.41, 5.74) is 10.2. The Labute approximate surface area is 174 Å². The Morgan fingerprint density at radius 3 is 2.87 bits per heavy atom. The summed E-state index contributed by atoms with van der Waals surface area (Å²) in [6, 6.07) is 14.2. The lowest BCUT2D eigenvalue weighted by Crippen LogP contribution is -2.57. The van der Waals surface area contributed by atoms with Crippen LogP contribution in [-0.2, 0) is 12.1 Å². The van der Waals surface area contributed by atoms with Gasteiger partial charge in [0.1, 0.15) is 11.4 Å². The Morgan fingerprint density at radius 2 is 1.97 bits per heavy atom. The molecule has 0 saturated carbocycles. The second-order valence-electron chi connectivity index (χ2n) is 7.46. The minimum Gasteiger partial charge on any atom is -0.497 e. The van der Waals surface area contributed by atoms with Gasteiger partial charge >= 0.3 is 0 Å². The van der Waals surface area contributed by atoms with Crippen molar-refractivity contribution in [2.75, 3.05) is 13.7 Å². The van der Waals surface area contributed by atoms with Gasteiger partial charge in [0.15, 0.2) is 5.96 Å². The highest BCUT2D eigenvalue weighted by Crippen LogP contribution is 2.25. The molecule has 0 radical (unpaired) electrons. The minimum atomic E-state index is -0.816. The number of fused-ring (bicyclic) bond motifs is 2. The van der Waals surface area contributed by atoms with E-state index in [2.05, 4.69) is 32.7 Å². The van der Waals surface area contributed by atoms with Crippen molar-refractivity contribution in [3.05, 3.63) is 78.3 Å². The van der Waals surface area contributed by atoms with Crippen molar-refractivity contribution < 1.29 is 4.74 Å². The Hall–Kier alpha value is -3.71. The number of hydrogen-bond acceptors (Lipinski definition) is 3. The summed E-state index contributed by atoms with van der Waals surface area (Å²) in [6.07, 6.45) is 8.51. The molecular formula is C23H24N6O. The largest absolute Gasteiger partial charge is 0.497 e. The summed E-state index contributed by atoms with van der Waals surface area (Å²) in [6.45, 7) is 0.625. The van der Waals surface area contributed by atoms with E-state index in [-0.39, 0.29) is 0 Å². The third kappa shape index (κ3) is 3.29. The molecule has 4 aromatic rings. The van der Waals surface area contributed by atoms with E-state index in [0.29, 0.717) is 12.5 Å². The van der Waals surface area contributed by atoms with Gasteiger partial charge in [-0.05, 0) is 65.4 Å². The summed E-state index contributed by atoms with van der Waals surface area (Å²) in [5, 5.41) is 8.77. The second-order valence-corrected chi connectivity index (χ2v) is 7.46. The number of nitrogens with zero attached hydrogens (tertiary/aromatic N) is 1. The quantitative estimate of drug-likeness (QED) is 0.355. The van der Waals surface area contributed by atoms with Crippen LogP contribution in [0.4, 0.5) is 0 Å². The van der Waals surface area contributed by atoms with Crippen LogP contribution >= 0.6 is 0 Å². The second kappa shape index (κ2) is 7.27. The van der Waals surface area contributed by atoms with Gasteiger partial charge in [-0.3, -0.25) is 4.99 Å². The van der Waals surface area contributed by atoms with Crippen molar-refractivity contribution in [2.45, 2.75) is 12.1 Å². The summed E-state index contributed by atoms with van der Waals surface area (Å²) in [7, 11) is 1.68. The maximum atomic E-state index is 6.66. The molecule has 1 aliphatic rings. The molecule has 3 heterocycles. The van der Waals surface area contributed by atoms with Gasteiger partial charge < -0.3 is 31.1 Å². The number of H-pyrrole nitrogens is 2. The summed E-state index contributed by atoms with van der Waals surface area (Å²) in [4.78, 5) is 11.2. The maximum absolute atomic E-state index is 6.66. The van der Waals surface area contributed by atoms with E-state index >= 15 is 0 Å². The number of methoxy groups -OCH3 is 1. The van der Waals surface area contributed by atoms with Crippen LogP contribution in [0.5, 0.6) is 5.75 Å². The third-order valence-electron chi connectivity index (χ3n) is 5.55. The molecule has 2 aromatic carbocycles. The molecule has 5 rings (SSSR count). The number of aromatic amines is 2. The maximum Gasteiger partial charge on any atom is 0.197 e. The first-order valence-corrected chi connectivity index (χ1v) is 9.92. The van der Waals surface area contributed by atoms with Gasteiger partial charge in [0, 0.05) is 41.6 Å². The molecule has 2 aromatic heterocycles. The highest BCUT2D eigenvalue weighted by molar-refractivity contribution is 5.86. The van der Waals surface area contributed by atoms with Gasteiger partial charge in [-0.25, -0.2) is 0 Å². The summed E-state index contributed by atoms with van der Waals surface area (Å²) in [5.74, 6) is 1.51. The topological polar surface area (TPSA) is 103 Å². The number of guanidine groups is 1. The molecule has 0 spiro atoms. The van der Waals surface area contributed by atoms with E-state index in [4.69, 9.17) is 15.5 Å². The lowest BCUT2D eigenvalue weighted by molar-refractivity contribution is 0.415. The minimum absolute atomic E-state index is 0.625. The van der Waals surface area contributed by atoms with E-state index in [1.165, 1.54) is 5.56 Å². The van der Waals surface area contributed by atoms with Crippen LogP contribution in [0.2, 0.25) is 0 Å². The van der Waals surface area contributed by atoms with Crippen LogP contribution in [0, 0.1) is 0 Å². The predicted octanol–water partition coefficient (Wildman–Crippen LogP) is 3.07. The van der Waals surface area contributed by atoms with Crippen molar-refractivity contribution in [3.8, 4) is 5.75 Å². The first-order chi connectivity index (χ1) is 14.6. The van der Waals surface area contributed by atoms with Crippen molar-refractivity contribution >= 4 is 27.8 Å². The summed E-state index contributed by atoms with van der Waals surface area (Å²) >= 11 is 0. The molecule has 7 nitrogen and oxygen atoms in total. The lowest BCUT2D eigenvalue weighted by atomic mass is 9.98. The molecule has 0 fully saturated rings. The first-order valence-electron chi connectivity index (χ1n) is 9.92. The molecule has 30 heavy (non-hydrogen) atoms. The number of benzene rings is 2. The Kier molecular flexibility index (Phi) is 4.44. The standard InChI is InChI=1S/C23H24N6O/c1-30-18-3-5-21-19(13-18)16(14-28-21)7-10-26-22-27-11-8-23(24,29-22)17-2-4-20-15(12-17)6-9-25-20/h2-6,8-9,11-14,25,28H,7,10,24H2,1H3,(H2,26,27,29). The number of nitrogens with one attached hydrogen (secondary N) is 4. The van der Waals surface area contributed by atoms with Gasteiger partial charge in [0.2, 0.25) is 0 Å². The van der Waals surface area contributed by atoms with Crippen LogP contribution in [-0.4, -0.2) is 29.6 Å². The molecule has 0 amide bonds. The van der Waals surface area contributed by atoms with Gasteiger partial charge in [-0.15, -0.1) is 0 Å². The van der Waals surface area contributed by atoms with Crippen LogP contribution in [0.3, 0.4) is 0 Å². The Morgan fingerprint density at radius 1 is 1.07 bits per heavy atom. The SMILES string of the molecule is COc1ccc2[nH]cc(CCN=C3NC=CC(N)(c4ccc5[nH]ccc5c4)N3)c2c1. The Balaban J connectivity index is 1.32. The van der Waals surface area contributed by atoms with Crippen LogP contribution in [0.15, 0.2) is 72.1 Å². The highest BCUT2D eigenvalue weighted by Gasteiger charge is 2.28. The molecular weight excluding hydrogens is 376 g/mol. The van der Waals surface area contributed by atoms with Crippen LogP contribution < -0.4 is 21.1 Å². The van der Waals surface area contributed by atoms with E-state index in [1.807, 2.05) is 55.0 Å². The first kappa shape index (κ1) is 18.3. The molecule has 1 aliphatic heterocycles. The van der Waals surface area contributed by atoms with Gasteiger partial charge in [-0.2, -0.15) is 0 Å². The number of ether oxygens (including phenoxy) is 1. The van der Waals surface area contributed by atoms with Crippen molar-refractivity contribution in [1.82, 2.24) is 20.6 Å². The monoisotopic (exact) mass is 400 g/mol. The third-order valence-corrected chi connectivity index (χ3v) is 5.55. The van der Waals surface area contributed by atoms with Crippen LogP contribution in [0.1, 0.15) is 11.1 Å². The lowest BCUT2D eigenvalue weighted by Gasteiger charge is -2.32. The molecule has 152 valence electrons. The highest BCUT2D eigenvalue weighted by atomic mass is 16.5. The van der Waals surface area contributed by atoms with Crippen molar-refractivity contribution in [2.24, 2.45) is 10.7 Å². The van der Waals surface area contributed by atoms with Crippen molar-refractivity contribution in [1.29, 1.82) is 0 Å². The van der Waals surface area contributed by atoms with Gasteiger partial charge in [0.25, 0.3) is 0 Å². The smallest absolute Gasteiger partial charge is 0.197 e. The van der Waals surface area contributed by atoms with Gasteiger partial charge in [0.05, 0.1) is 7.11 Å². The average molecular weight is 400 g/mol. The average Bonchev–Trinajstić information content (AvgIpc) is 3.40. The number of aliphatic imine (C=N–C) groups is 1. The van der Waals surface area contributed by atoms with E-state index in [0.717, 1.165) is 39.5 Å². The molecule has 7 heteroatoms. The molecule has 6 N–H and O–H groups in total. The normalized spacial score (nSPS) is 19.9. The van der Waals surface area contributed by atoms with Crippen LogP contribution in [0.25, 0.3) is 21.8 Å². The fraction of sp³-hybridized carbons (Fsp3) is 0.174. The zero-order valence-electron chi connectivity index (χ0n) is 16.7. The molecule has 0 saturated heterocycles. The Bertz CT molecular complexity index is 1270. The molecule has 1 unspecified atom stereocenters. The number of nitrogens with two attached hydrogens (primary N) is 1. The summed E-state index contributed by atoms with van der Waals surface area (Å²) < 4.78 is 5.35. The molecule has 1 atom stereocenters. The van der Waals surface area contributed by atoms with E-state index in [9.17, 15) is 0 Å². The fourth-order valence-electron chi connectivity index (χ4n) is 3.87. The number of aromatic nitrogens is 2. The zero-order valence-corrected chi connectivity index (χ0v) is 16.7. The van der Waals surface area contributed by atoms with Gasteiger partial charge in [-0.1, -0.05) is 6.07 Å². The predicted molar refractivity (Wildman–Crippen MR) is 120 cm³/mol. The molecule has 0 aliphatic carbocycles. The molecule has 0 bridgehead atoms.